The average molecular weight is 253 g/mol. The second-order valence-corrected chi connectivity index (χ2v) is 4.51. The topological polar surface area (TPSA) is 74.7 Å². The van der Waals surface area contributed by atoms with E-state index in [-0.39, 0.29) is 18.2 Å². The minimum absolute atomic E-state index is 0.0118. The van der Waals surface area contributed by atoms with Crippen LogP contribution in [0.2, 0.25) is 0 Å². The molecule has 18 heavy (non-hydrogen) atoms. The van der Waals surface area contributed by atoms with E-state index < -0.39 is 6.23 Å². The molecule has 6 heteroatoms. The Balaban J connectivity index is 2.16. The van der Waals surface area contributed by atoms with E-state index in [1.54, 1.807) is 6.20 Å². The third-order valence-electron chi connectivity index (χ3n) is 3.18. The Morgan fingerprint density at radius 1 is 1.67 bits per heavy atom. The molecule has 2 rings (SSSR count). The summed E-state index contributed by atoms with van der Waals surface area (Å²) in [6.07, 6.45) is 3.14. The Hall–Kier alpha value is -1.40. The number of nitrogens with one attached hydrogen (secondary N) is 2. The van der Waals surface area contributed by atoms with E-state index >= 15 is 0 Å². The zero-order valence-corrected chi connectivity index (χ0v) is 10.7. The Labute approximate surface area is 106 Å². The molecule has 0 aliphatic carbocycles. The van der Waals surface area contributed by atoms with Gasteiger partial charge in [0.25, 0.3) is 0 Å². The van der Waals surface area contributed by atoms with Gasteiger partial charge in [-0.2, -0.15) is 0 Å². The Morgan fingerprint density at radius 2 is 2.44 bits per heavy atom. The molecule has 1 unspecified atom stereocenters. The molecule has 1 saturated heterocycles. The largest absolute Gasteiger partial charge is 0.371 e. The number of carbonyl (C=O) groups excluding carboxylic acids is 1. The minimum atomic E-state index is -0.432. The van der Waals surface area contributed by atoms with Crippen molar-refractivity contribution in [3.63, 3.8) is 0 Å². The molecule has 0 saturated carbocycles. The van der Waals surface area contributed by atoms with Gasteiger partial charge in [0.2, 0.25) is 0 Å². The highest BCUT2D eigenvalue weighted by molar-refractivity contribution is 5.84. The van der Waals surface area contributed by atoms with Crippen molar-refractivity contribution in [1.29, 1.82) is 5.41 Å². The maximum absolute atomic E-state index is 11.9. The molecule has 100 valence electrons. The smallest absolute Gasteiger partial charge is 0.323 e. The van der Waals surface area contributed by atoms with Crippen molar-refractivity contribution in [1.82, 2.24) is 10.2 Å². The summed E-state index contributed by atoms with van der Waals surface area (Å²) in [5, 5.41) is 9.97. The minimum Gasteiger partial charge on any atom is -0.371 e. The number of hydrogen-bond donors (Lipinski definition) is 2. The number of urea groups is 1. The van der Waals surface area contributed by atoms with Crippen molar-refractivity contribution in [2.45, 2.75) is 38.7 Å². The normalized spacial score (nSPS) is 32.8. The van der Waals surface area contributed by atoms with Crippen LogP contribution in [-0.4, -0.2) is 48.7 Å². The van der Waals surface area contributed by atoms with Gasteiger partial charge >= 0.3 is 6.03 Å². The summed E-state index contributed by atoms with van der Waals surface area (Å²) in [5.74, 6) is 0. The van der Waals surface area contributed by atoms with Gasteiger partial charge in [0.15, 0.2) is 6.23 Å². The van der Waals surface area contributed by atoms with Crippen molar-refractivity contribution in [3.05, 3.63) is 11.8 Å². The summed E-state index contributed by atoms with van der Waals surface area (Å²) in [6.45, 7) is 4.86. The first kappa shape index (κ1) is 13.0. The maximum Gasteiger partial charge on any atom is 0.323 e. The van der Waals surface area contributed by atoms with Gasteiger partial charge in [0.1, 0.15) is 6.10 Å². The van der Waals surface area contributed by atoms with Crippen LogP contribution >= 0.6 is 0 Å². The molecule has 3 atom stereocenters. The van der Waals surface area contributed by atoms with Crippen molar-refractivity contribution >= 4 is 12.2 Å². The number of rotatable bonds is 3. The van der Waals surface area contributed by atoms with Crippen molar-refractivity contribution < 1.29 is 14.3 Å². The first-order valence-corrected chi connectivity index (χ1v) is 6.20. The Kier molecular flexibility index (Phi) is 3.98. The fraction of sp³-hybridized carbons (Fsp3) is 0.667. The zero-order chi connectivity index (χ0) is 13.1. The van der Waals surface area contributed by atoms with Crippen LogP contribution in [-0.2, 0) is 9.47 Å². The molecule has 0 spiro atoms. The van der Waals surface area contributed by atoms with Gasteiger partial charge < -0.3 is 20.2 Å². The summed E-state index contributed by atoms with van der Waals surface area (Å²) < 4.78 is 11.5. The van der Waals surface area contributed by atoms with Crippen molar-refractivity contribution in [2.75, 3.05) is 13.2 Å². The van der Waals surface area contributed by atoms with Crippen LogP contribution in [0.3, 0.4) is 0 Å². The summed E-state index contributed by atoms with van der Waals surface area (Å²) >= 11 is 0. The number of amides is 2. The van der Waals surface area contributed by atoms with Crippen molar-refractivity contribution in [2.24, 2.45) is 0 Å². The number of carbonyl (C=O) groups is 1. The number of hydrogen-bond acceptors (Lipinski definition) is 4. The second kappa shape index (κ2) is 5.49. The zero-order valence-electron chi connectivity index (χ0n) is 10.7. The molecule has 0 aromatic heterocycles. The van der Waals surface area contributed by atoms with Gasteiger partial charge in [-0.3, -0.25) is 4.90 Å². The Morgan fingerprint density at radius 3 is 3.11 bits per heavy atom. The summed E-state index contributed by atoms with van der Waals surface area (Å²) in [7, 11) is 0. The lowest BCUT2D eigenvalue weighted by Crippen LogP contribution is -2.56. The van der Waals surface area contributed by atoms with E-state index in [1.165, 1.54) is 11.1 Å². The summed E-state index contributed by atoms with van der Waals surface area (Å²) in [4.78, 5) is 13.3. The molecule has 2 amide bonds. The molecule has 0 bridgehead atoms. The predicted molar refractivity (Wildman–Crippen MR) is 66.5 cm³/mol. The highest BCUT2D eigenvalue weighted by atomic mass is 16.6. The summed E-state index contributed by atoms with van der Waals surface area (Å²) in [5.41, 5.74) is 0.740. The summed E-state index contributed by atoms with van der Waals surface area (Å²) in [6, 6.07) is -0.210. The lowest BCUT2D eigenvalue weighted by atomic mass is 10.2. The third-order valence-corrected chi connectivity index (χ3v) is 3.18. The van der Waals surface area contributed by atoms with E-state index in [9.17, 15) is 4.79 Å². The molecule has 0 aromatic rings. The highest BCUT2D eigenvalue weighted by Crippen LogP contribution is 2.22. The van der Waals surface area contributed by atoms with Crippen LogP contribution in [0.5, 0.6) is 0 Å². The maximum atomic E-state index is 11.9. The molecule has 6 nitrogen and oxygen atoms in total. The van der Waals surface area contributed by atoms with Crippen LogP contribution < -0.4 is 5.32 Å². The van der Waals surface area contributed by atoms with E-state index in [4.69, 9.17) is 14.9 Å². The molecule has 2 aliphatic heterocycles. The monoisotopic (exact) mass is 253 g/mol. The van der Waals surface area contributed by atoms with Crippen LogP contribution in [0.4, 0.5) is 4.79 Å². The van der Waals surface area contributed by atoms with Gasteiger partial charge in [-0.05, 0) is 13.3 Å². The number of nitrogens with zero attached hydrogens (tertiary/aromatic N) is 1. The molecule has 2 aliphatic rings. The third kappa shape index (κ3) is 2.54. The van der Waals surface area contributed by atoms with E-state index in [2.05, 4.69) is 5.32 Å². The van der Waals surface area contributed by atoms with E-state index in [0.29, 0.717) is 13.2 Å². The molecule has 2 N–H and O–H groups in total. The molecule has 0 radical (unpaired) electrons. The van der Waals surface area contributed by atoms with Gasteiger partial charge in [0, 0.05) is 24.5 Å². The van der Waals surface area contributed by atoms with Crippen LogP contribution in [0.1, 0.15) is 20.3 Å². The molecule has 2 heterocycles. The van der Waals surface area contributed by atoms with Crippen LogP contribution in [0, 0.1) is 5.41 Å². The fourth-order valence-corrected chi connectivity index (χ4v) is 2.02. The lowest BCUT2D eigenvalue weighted by molar-refractivity contribution is -0.207. The average Bonchev–Trinajstić information content (AvgIpc) is 2.40. The SMILES string of the molecule is CCC1CO[C@@H](C)[C@H](N2C=C(C=N)CNC2=O)O1. The van der Waals surface area contributed by atoms with Gasteiger partial charge in [0.05, 0.1) is 12.7 Å². The fourth-order valence-electron chi connectivity index (χ4n) is 2.02. The number of ether oxygens (including phenoxy) is 2. The Bertz CT molecular complexity index is 370. The van der Waals surface area contributed by atoms with Crippen molar-refractivity contribution in [3.8, 4) is 0 Å². The molecular formula is C12H19N3O3. The molecular weight excluding hydrogens is 234 g/mol. The standard InChI is InChI=1S/C12H19N3O3/c1-3-10-7-17-8(2)11(18-10)15-6-9(4-13)5-14-12(15)16/h4,6,8,10-11,13H,3,5,7H2,1-2H3,(H,14,16)/t8-,10?,11+/m0/s1. The van der Waals surface area contributed by atoms with Crippen LogP contribution in [0.25, 0.3) is 0 Å². The first-order valence-electron chi connectivity index (χ1n) is 6.20. The van der Waals surface area contributed by atoms with Gasteiger partial charge in [-0.15, -0.1) is 0 Å². The second-order valence-electron chi connectivity index (χ2n) is 4.51. The molecule has 0 aromatic carbocycles. The van der Waals surface area contributed by atoms with Crippen LogP contribution in [0.15, 0.2) is 11.8 Å². The molecule has 1 fully saturated rings. The highest BCUT2D eigenvalue weighted by Gasteiger charge is 2.36. The van der Waals surface area contributed by atoms with E-state index in [1.807, 2.05) is 13.8 Å². The van der Waals surface area contributed by atoms with E-state index in [0.717, 1.165) is 12.0 Å². The first-order chi connectivity index (χ1) is 8.65. The van der Waals surface area contributed by atoms with Gasteiger partial charge in [-0.1, -0.05) is 6.92 Å². The predicted octanol–water partition coefficient (Wildman–Crippen LogP) is 1.09. The quantitative estimate of drug-likeness (QED) is 0.739. The lowest BCUT2D eigenvalue weighted by Gasteiger charge is -2.40. The van der Waals surface area contributed by atoms with Gasteiger partial charge in [-0.25, -0.2) is 4.79 Å².